The molecule has 0 aliphatic carbocycles. The number of nitrogens with one attached hydrogen (secondary N) is 3. The average Bonchev–Trinajstić information content (AvgIpc) is 2.74. The van der Waals surface area contributed by atoms with Crippen LogP contribution in [0.3, 0.4) is 0 Å². The minimum absolute atomic E-state index is 0.0266. The molecule has 0 bridgehead atoms. The molecule has 0 aromatic heterocycles. The van der Waals surface area contributed by atoms with Crippen LogP contribution in [0.15, 0.2) is 11.1 Å². The van der Waals surface area contributed by atoms with Crippen molar-refractivity contribution < 1.29 is 4.79 Å². The predicted octanol–water partition coefficient (Wildman–Crippen LogP) is -0.400. The molecule has 72 valence electrons. The number of thioether (sulfide) groups is 1. The first-order chi connectivity index (χ1) is 6.36. The van der Waals surface area contributed by atoms with Gasteiger partial charge in [0, 0.05) is 18.0 Å². The van der Waals surface area contributed by atoms with Gasteiger partial charge in [0.1, 0.15) is 5.70 Å². The zero-order valence-electron chi connectivity index (χ0n) is 7.30. The molecule has 4 nitrogen and oxygen atoms in total. The van der Waals surface area contributed by atoms with Crippen molar-refractivity contribution in [3.63, 3.8) is 0 Å². The zero-order chi connectivity index (χ0) is 9.10. The monoisotopic (exact) mass is 199 g/mol. The summed E-state index contributed by atoms with van der Waals surface area (Å²) in [6.07, 6.45) is 1.03. The fourth-order valence-electron chi connectivity index (χ4n) is 1.46. The normalized spacial score (nSPS) is 26.8. The third-order valence-electron chi connectivity index (χ3n) is 2.19. The second-order valence-corrected chi connectivity index (χ2v) is 4.04. The first-order valence-corrected chi connectivity index (χ1v) is 5.48. The van der Waals surface area contributed by atoms with E-state index in [2.05, 4.69) is 16.0 Å². The summed E-state index contributed by atoms with van der Waals surface area (Å²) in [5.74, 6) is 0.838. The molecular formula is C8H13N3OS. The lowest BCUT2D eigenvalue weighted by molar-refractivity contribution is -0.118. The molecule has 1 saturated heterocycles. The first-order valence-electron chi connectivity index (χ1n) is 4.43. The maximum absolute atomic E-state index is 11.5. The van der Waals surface area contributed by atoms with Crippen LogP contribution in [0.4, 0.5) is 0 Å². The third-order valence-corrected chi connectivity index (χ3v) is 2.90. The van der Waals surface area contributed by atoms with Crippen LogP contribution in [0, 0.1) is 0 Å². The molecule has 0 saturated carbocycles. The van der Waals surface area contributed by atoms with Gasteiger partial charge in [-0.3, -0.25) is 4.79 Å². The number of rotatable bonds is 2. The van der Waals surface area contributed by atoms with Crippen molar-refractivity contribution in [2.45, 2.75) is 12.5 Å². The Morgan fingerprint density at radius 2 is 2.62 bits per heavy atom. The summed E-state index contributed by atoms with van der Waals surface area (Å²) >= 11 is 1.62. The number of amides is 1. The molecule has 2 aliphatic heterocycles. The van der Waals surface area contributed by atoms with Crippen molar-refractivity contribution in [3.8, 4) is 0 Å². The van der Waals surface area contributed by atoms with Crippen LogP contribution >= 0.6 is 11.8 Å². The highest BCUT2D eigenvalue weighted by atomic mass is 32.2. The topological polar surface area (TPSA) is 53.2 Å². The predicted molar refractivity (Wildman–Crippen MR) is 53.1 cm³/mol. The van der Waals surface area contributed by atoms with Gasteiger partial charge in [-0.2, -0.15) is 0 Å². The Morgan fingerprint density at radius 1 is 1.69 bits per heavy atom. The molecule has 2 rings (SSSR count). The van der Waals surface area contributed by atoms with Crippen molar-refractivity contribution in [1.82, 2.24) is 16.0 Å². The maximum Gasteiger partial charge on any atom is 0.268 e. The lowest BCUT2D eigenvalue weighted by atomic mass is 10.2. The summed E-state index contributed by atoms with van der Waals surface area (Å²) in [7, 11) is 0. The highest BCUT2D eigenvalue weighted by Gasteiger charge is 2.19. The number of carbonyl (C=O) groups excluding carboxylic acids is 1. The molecule has 1 amide bonds. The van der Waals surface area contributed by atoms with Gasteiger partial charge in [0.15, 0.2) is 0 Å². The minimum Gasteiger partial charge on any atom is -0.371 e. The lowest BCUT2D eigenvalue weighted by Gasteiger charge is -2.11. The summed E-state index contributed by atoms with van der Waals surface area (Å²) in [6, 6.07) is 0.306. The Bertz CT molecular complexity index is 236. The van der Waals surface area contributed by atoms with Gasteiger partial charge < -0.3 is 16.0 Å². The van der Waals surface area contributed by atoms with E-state index in [1.54, 1.807) is 11.8 Å². The Labute approximate surface area is 81.5 Å². The van der Waals surface area contributed by atoms with E-state index in [0.717, 1.165) is 25.4 Å². The van der Waals surface area contributed by atoms with Gasteiger partial charge >= 0.3 is 0 Å². The van der Waals surface area contributed by atoms with E-state index in [1.807, 2.05) is 5.41 Å². The molecule has 0 aromatic rings. The molecule has 0 spiro atoms. The largest absolute Gasteiger partial charge is 0.371 e. The highest BCUT2D eigenvalue weighted by Crippen LogP contribution is 2.12. The maximum atomic E-state index is 11.5. The SMILES string of the molecule is O=C(NC1CCNC1)C1=CSCN1. The van der Waals surface area contributed by atoms with Crippen molar-refractivity contribution in [3.05, 3.63) is 11.1 Å². The second-order valence-electron chi connectivity index (χ2n) is 3.18. The van der Waals surface area contributed by atoms with Crippen molar-refractivity contribution in [2.75, 3.05) is 19.0 Å². The van der Waals surface area contributed by atoms with Gasteiger partial charge in [0.25, 0.3) is 5.91 Å². The first kappa shape index (κ1) is 8.90. The van der Waals surface area contributed by atoms with Gasteiger partial charge in [-0.25, -0.2) is 0 Å². The fraction of sp³-hybridized carbons (Fsp3) is 0.625. The Morgan fingerprint density at radius 3 is 3.23 bits per heavy atom. The van der Waals surface area contributed by atoms with Gasteiger partial charge in [0.05, 0.1) is 5.88 Å². The summed E-state index contributed by atoms with van der Waals surface area (Å²) in [5, 5.41) is 11.1. The molecule has 13 heavy (non-hydrogen) atoms. The van der Waals surface area contributed by atoms with Crippen LogP contribution in [0.25, 0.3) is 0 Å². The van der Waals surface area contributed by atoms with Crippen molar-refractivity contribution in [2.24, 2.45) is 0 Å². The van der Waals surface area contributed by atoms with E-state index in [4.69, 9.17) is 0 Å². The molecule has 1 fully saturated rings. The van der Waals surface area contributed by atoms with Crippen molar-refractivity contribution in [1.29, 1.82) is 0 Å². The standard InChI is InChI=1S/C8H13N3OS/c12-8(7-4-13-5-10-7)11-6-1-2-9-3-6/h4,6,9-10H,1-3,5H2,(H,11,12). The third kappa shape index (κ3) is 2.16. The number of carbonyl (C=O) groups is 1. The highest BCUT2D eigenvalue weighted by molar-refractivity contribution is 8.02. The Balaban J connectivity index is 1.83. The van der Waals surface area contributed by atoms with Gasteiger partial charge in [0.2, 0.25) is 0 Å². The lowest BCUT2D eigenvalue weighted by Crippen LogP contribution is -2.39. The summed E-state index contributed by atoms with van der Waals surface area (Å²) in [5.41, 5.74) is 0.705. The van der Waals surface area contributed by atoms with Gasteiger partial charge in [-0.05, 0) is 13.0 Å². The number of hydrogen-bond acceptors (Lipinski definition) is 4. The summed E-state index contributed by atoms with van der Waals surface area (Å²) < 4.78 is 0. The molecule has 0 aromatic carbocycles. The molecule has 5 heteroatoms. The van der Waals surface area contributed by atoms with Gasteiger partial charge in [-0.15, -0.1) is 11.8 Å². The molecular weight excluding hydrogens is 186 g/mol. The Hall–Kier alpha value is -0.680. The molecule has 3 N–H and O–H groups in total. The van der Waals surface area contributed by atoms with Crippen LogP contribution in [0.1, 0.15) is 6.42 Å². The Kier molecular flexibility index (Phi) is 2.75. The van der Waals surface area contributed by atoms with Crippen LogP contribution in [0.5, 0.6) is 0 Å². The van der Waals surface area contributed by atoms with E-state index >= 15 is 0 Å². The fourth-order valence-corrected chi connectivity index (χ4v) is 2.14. The van der Waals surface area contributed by atoms with Crippen LogP contribution in [-0.2, 0) is 4.79 Å². The van der Waals surface area contributed by atoms with Crippen LogP contribution in [-0.4, -0.2) is 30.9 Å². The summed E-state index contributed by atoms with van der Waals surface area (Å²) in [6.45, 7) is 1.90. The molecule has 1 atom stereocenters. The van der Waals surface area contributed by atoms with Crippen LogP contribution in [0.2, 0.25) is 0 Å². The molecule has 2 aliphatic rings. The minimum atomic E-state index is 0.0266. The van der Waals surface area contributed by atoms with Crippen molar-refractivity contribution >= 4 is 17.7 Å². The smallest absolute Gasteiger partial charge is 0.268 e. The van der Waals surface area contributed by atoms with E-state index in [0.29, 0.717) is 11.7 Å². The molecule has 0 radical (unpaired) electrons. The van der Waals surface area contributed by atoms with E-state index < -0.39 is 0 Å². The quantitative estimate of drug-likeness (QED) is 0.566. The molecule has 1 unspecified atom stereocenters. The summed E-state index contributed by atoms with van der Waals surface area (Å²) in [4.78, 5) is 11.5. The zero-order valence-corrected chi connectivity index (χ0v) is 8.12. The van der Waals surface area contributed by atoms with E-state index in [1.165, 1.54) is 0 Å². The van der Waals surface area contributed by atoms with E-state index in [9.17, 15) is 4.79 Å². The second kappa shape index (κ2) is 4.02. The van der Waals surface area contributed by atoms with Crippen LogP contribution < -0.4 is 16.0 Å². The number of hydrogen-bond donors (Lipinski definition) is 3. The molecule has 2 heterocycles. The van der Waals surface area contributed by atoms with E-state index in [-0.39, 0.29) is 5.91 Å². The average molecular weight is 199 g/mol. The van der Waals surface area contributed by atoms with Gasteiger partial charge in [-0.1, -0.05) is 0 Å².